The fourth-order valence-corrected chi connectivity index (χ4v) is 5.75. The Hall–Kier alpha value is -3.64. The normalized spacial score (nSPS) is 18.0. The van der Waals surface area contributed by atoms with Gasteiger partial charge in [0.2, 0.25) is 0 Å². The predicted octanol–water partition coefficient (Wildman–Crippen LogP) is 5.41. The smallest absolute Gasteiger partial charge is 0.261 e. The summed E-state index contributed by atoms with van der Waals surface area (Å²) in [5.74, 6) is 0.445. The summed E-state index contributed by atoms with van der Waals surface area (Å²) in [6.07, 6.45) is 7.16. The summed E-state index contributed by atoms with van der Waals surface area (Å²) in [5.41, 5.74) is 3.69. The third-order valence-corrected chi connectivity index (χ3v) is 7.77. The van der Waals surface area contributed by atoms with Gasteiger partial charge in [0.1, 0.15) is 5.75 Å². The van der Waals surface area contributed by atoms with Crippen LogP contribution in [0.1, 0.15) is 52.0 Å². The molecule has 6 nitrogen and oxygen atoms in total. The van der Waals surface area contributed by atoms with E-state index in [1.807, 2.05) is 42.5 Å². The second-order valence-electron chi connectivity index (χ2n) is 10.0. The lowest BCUT2D eigenvalue weighted by Gasteiger charge is -2.27. The Kier molecular flexibility index (Phi) is 5.97. The van der Waals surface area contributed by atoms with Crippen molar-refractivity contribution in [3.63, 3.8) is 0 Å². The van der Waals surface area contributed by atoms with E-state index >= 15 is 0 Å². The summed E-state index contributed by atoms with van der Waals surface area (Å²) in [6.45, 7) is 2.11. The minimum absolute atomic E-state index is 0.205. The number of likely N-dealkylation sites (tertiary alicyclic amines) is 1. The van der Waals surface area contributed by atoms with E-state index in [0.717, 1.165) is 34.9 Å². The molecule has 3 heterocycles. The number of aromatic nitrogens is 1. The zero-order valence-corrected chi connectivity index (χ0v) is 20.6. The van der Waals surface area contributed by atoms with Crippen molar-refractivity contribution in [1.29, 1.82) is 0 Å². The highest BCUT2D eigenvalue weighted by Crippen LogP contribution is 2.30. The Balaban J connectivity index is 1.06. The predicted molar refractivity (Wildman–Crippen MR) is 142 cm³/mol. The number of nitrogens with zero attached hydrogens (tertiary/aromatic N) is 2. The lowest BCUT2D eigenvalue weighted by atomic mass is 9.94. The Morgan fingerprint density at radius 2 is 1.78 bits per heavy atom. The number of likely N-dealkylation sites (N-methyl/N-ethyl adjacent to an activating group) is 1. The molecule has 0 aliphatic carbocycles. The zero-order chi connectivity index (χ0) is 24.6. The molecule has 1 atom stereocenters. The first-order valence-corrected chi connectivity index (χ1v) is 12.9. The first-order chi connectivity index (χ1) is 17.6. The van der Waals surface area contributed by atoms with Gasteiger partial charge in [0.25, 0.3) is 11.8 Å². The number of aromatic amines is 1. The second-order valence-corrected chi connectivity index (χ2v) is 10.0. The van der Waals surface area contributed by atoms with E-state index < -0.39 is 0 Å². The first kappa shape index (κ1) is 22.8. The molecular weight excluding hydrogens is 450 g/mol. The fourth-order valence-electron chi connectivity index (χ4n) is 5.75. The molecule has 1 saturated heterocycles. The molecule has 36 heavy (non-hydrogen) atoms. The molecule has 1 fully saturated rings. The molecule has 1 N–H and O–H groups in total. The van der Waals surface area contributed by atoms with Crippen molar-refractivity contribution in [1.82, 2.24) is 14.8 Å². The van der Waals surface area contributed by atoms with E-state index in [4.69, 9.17) is 4.74 Å². The van der Waals surface area contributed by atoms with Crippen LogP contribution in [0.5, 0.6) is 5.75 Å². The Bertz CT molecular complexity index is 1410. The van der Waals surface area contributed by atoms with Crippen LogP contribution in [0.3, 0.4) is 0 Å². The van der Waals surface area contributed by atoms with E-state index in [1.54, 1.807) is 0 Å². The summed E-state index contributed by atoms with van der Waals surface area (Å²) in [5, 5.41) is 2.93. The largest absolute Gasteiger partial charge is 0.494 e. The highest BCUT2D eigenvalue weighted by atomic mass is 16.5. The number of nitrogens with one attached hydrogen (secondary N) is 1. The molecule has 2 amide bonds. The molecular formula is C30H31N3O3. The van der Waals surface area contributed by atoms with Crippen LogP contribution in [0.25, 0.3) is 21.7 Å². The monoisotopic (exact) mass is 481 g/mol. The van der Waals surface area contributed by atoms with E-state index in [2.05, 4.69) is 35.3 Å². The van der Waals surface area contributed by atoms with Crippen LogP contribution in [-0.4, -0.2) is 59.4 Å². The summed E-state index contributed by atoms with van der Waals surface area (Å²) in [4.78, 5) is 33.3. The highest BCUT2D eigenvalue weighted by molar-refractivity contribution is 6.25. The van der Waals surface area contributed by atoms with E-state index in [1.165, 1.54) is 35.2 Å². The van der Waals surface area contributed by atoms with Gasteiger partial charge < -0.3 is 14.6 Å². The van der Waals surface area contributed by atoms with Crippen LogP contribution in [0.2, 0.25) is 0 Å². The third kappa shape index (κ3) is 4.05. The molecule has 6 rings (SSSR count). The van der Waals surface area contributed by atoms with Crippen LogP contribution in [-0.2, 0) is 6.42 Å². The van der Waals surface area contributed by atoms with Crippen LogP contribution < -0.4 is 4.74 Å². The average Bonchev–Trinajstić information content (AvgIpc) is 3.49. The molecule has 0 unspecified atom stereocenters. The van der Waals surface area contributed by atoms with Gasteiger partial charge >= 0.3 is 0 Å². The molecule has 2 aliphatic rings. The maximum atomic E-state index is 13.0. The standard InChI is InChI=1S/C30H31N3O3/c1-32-14-6-9-22(32)17-21-19-31-27-13-12-23(18-26(21)27)36-16-3-2-15-33-29(34)24-10-4-7-20-8-5-11-25(28(20)24)30(33)35/h4-5,7-8,10-13,18-19,22,31H,2-3,6,9,14-17H2,1H3/t22-/m0/s1. The number of rotatable bonds is 8. The SMILES string of the molecule is CN1CCC[C@H]1Cc1c[nH]c2ccc(OCCCCN3C(=O)c4cccc5cccc(c45)C3=O)cc12. The number of fused-ring (bicyclic) bond motifs is 1. The van der Waals surface area contributed by atoms with E-state index in [-0.39, 0.29) is 11.8 Å². The molecule has 4 aromatic rings. The molecule has 0 spiro atoms. The molecule has 2 aliphatic heterocycles. The molecule has 0 radical (unpaired) electrons. The number of amides is 2. The minimum Gasteiger partial charge on any atom is -0.494 e. The number of hydrogen-bond acceptors (Lipinski definition) is 4. The highest BCUT2D eigenvalue weighted by Gasteiger charge is 2.32. The number of carbonyl (C=O) groups is 2. The maximum Gasteiger partial charge on any atom is 0.261 e. The molecule has 0 bridgehead atoms. The van der Waals surface area contributed by atoms with Crippen molar-refractivity contribution in [2.24, 2.45) is 0 Å². The van der Waals surface area contributed by atoms with Gasteiger partial charge in [0, 0.05) is 46.2 Å². The van der Waals surface area contributed by atoms with Gasteiger partial charge in [-0.15, -0.1) is 0 Å². The van der Waals surface area contributed by atoms with Crippen LogP contribution >= 0.6 is 0 Å². The van der Waals surface area contributed by atoms with Crippen molar-refractivity contribution >= 4 is 33.5 Å². The van der Waals surface area contributed by atoms with Crippen molar-refractivity contribution in [2.75, 3.05) is 26.7 Å². The Morgan fingerprint density at radius 1 is 1.00 bits per heavy atom. The van der Waals surface area contributed by atoms with Crippen molar-refractivity contribution in [3.8, 4) is 5.75 Å². The number of imide groups is 1. The summed E-state index contributed by atoms with van der Waals surface area (Å²) in [7, 11) is 2.21. The van der Waals surface area contributed by atoms with Crippen molar-refractivity contribution in [2.45, 2.75) is 38.1 Å². The maximum absolute atomic E-state index is 13.0. The summed E-state index contributed by atoms with van der Waals surface area (Å²) >= 11 is 0. The van der Waals surface area contributed by atoms with Gasteiger partial charge in [0.05, 0.1) is 6.61 Å². The number of H-pyrrole nitrogens is 1. The molecule has 184 valence electrons. The Morgan fingerprint density at radius 3 is 2.50 bits per heavy atom. The molecule has 0 saturated carbocycles. The van der Waals surface area contributed by atoms with Crippen LogP contribution in [0, 0.1) is 0 Å². The second kappa shape index (κ2) is 9.43. The lowest BCUT2D eigenvalue weighted by Crippen LogP contribution is -2.40. The Labute approximate surface area is 210 Å². The zero-order valence-electron chi connectivity index (χ0n) is 20.6. The van der Waals surface area contributed by atoms with Crippen molar-refractivity contribution < 1.29 is 14.3 Å². The molecule has 1 aromatic heterocycles. The summed E-state index contributed by atoms with van der Waals surface area (Å²) < 4.78 is 6.06. The van der Waals surface area contributed by atoms with E-state index in [0.29, 0.717) is 36.7 Å². The van der Waals surface area contributed by atoms with Gasteiger partial charge in [0.15, 0.2) is 0 Å². The third-order valence-electron chi connectivity index (χ3n) is 7.77. The fraction of sp³-hybridized carbons (Fsp3) is 0.333. The van der Waals surface area contributed by atoms with Crippen molar-refractivity contribution in [3.05, 3.63) is 77.5 Å². The number of hydrogen-bond donors (Lipinski definition) is 1. The van der Waals surface area contributed by atoms with Crippen LogP contribution in [0.15, 0.2) is 60.8 Å². The quantitative estimate of drug-likeness (QED) is 0.270. The summed E-state index contributed by atoms with van der Waals surface area (Å²) in [6, 6.07) is 18.1. The molecule has 6 heteroatoms. The minimum atomic E-state index is -0.205. The topological polar surface area (TPSA) is 65.6 Å². The lowest BCUT2D eigenvalue weighted by molar-refractivity contribution is 0.0606. The number of unbranched alkanes of at least 4 members (excludes halogenated alkanes) is 1. The number of carbonyl (C=O) groups excluding carboxylic acids is 2. The average molecular weight is 482 g/mol. The van der Waals surface area contributed by atoms with Gasteiger partial charge in [-0.3, -0.25) is 14.5 Å². The van der Waals surface area contributed by atoms with Gasteiger partial charge in [-0.1, -0.05) is 24.3 Å². The number of benzene rings is 3. The van der Waals surface area contributed by atoms with Gasteiger partial charge in [-0.05, 0) is 87.0 Å². The first-order valence-electron chi connectivity index (χ1n) is 12.9. The van der Waals surface area contributed by atoms with Gasteiger partial charge in [-0.25, -0.2) is 0 Å². The van der Waals surface area contributed by atoms with Crippen LogP contribution in [0.4, 0.5) is 0 Å². The molecule has 3 aromatic carbocycles. The van der Waals surface area contributed by atoms with E-state index in [9.17, 15) is 9.59 Å². The van der Waals surface area contributed by atoms with Gasteiger partial charge in [-0.2, -0.15) is 0 Å². The number of ether oxygens (including phenoxy) is 1.